The van der Waals surface area contributed by atoms with E-state index < -0.39 is 36.8 Å². The molecule has 1 aromatic carbocycles. The van der Waals surface area contributed by atoms with Crippen LogP contribution in [-0.2, 0) is 29.4 Å². The number of esters is 1. The average Bonchev–Trinajstić information content (AvgIpc) is 2.99. The second kappa shape index (κ2) is 6.35. The number of nitrogens with zero attached hydrogens (tertiary/aromatic N) is 1. The monoisotopic (exact) mass is 347 g/mol. The quantitative estimate of drug-likeness (QED) is 0.698. The van der Waals surface area contributed by atoms with Gasteiger partial charge in [0, 0.05) is 13.1 Å². The summed E-state index contributed by atoms with van der Waals surface area (Å²) in [6, 6.07) is 7.92. The summed E-state index contributed by atoms with van der Waals surface area (Å²) in [5.41, 5.74) is 0. The maximum Gasteiger partial charge on any atom is 0.322 e. The predicted molar refractivity (Wildman–Crippen MR) is 79.4 cm³/mol. The van der Waals surface area contributed by atoms with Crippen molar-refractivity contribution in [2.75, 3.05) is 26.0 Å². The number of hydrogen-bond donors (Lipinski definition) is 0. The molecule has 0 aromatic heterocycles. The summed E-state index contributed by atoms with van der Waals surface area (Å²) in [7, 11) is -6.34. The van der Waals surface area contributed by atoms with Crippen molar-refractivity contribution in [3.8, 4) is 0 Å². The Hall–Kier alpha value is -1.45. The van der Waals surface area contributed by atoms with E-state index in [4.69, 9.17) is 0 Å². The van der Waals surface area contributed by atoms with Crippen molar-refractivity contribution >= 4 is 25.8 Å². The SMILES string of the molecule is COC(=O)CS(=O)(=O)N1CCC(S(=O)(=O)c2ccccc2)C1. The molecule has 1 heterocycles. The Kier molecular flexibility index (Phi) is 4.88. The summed E-state index contributed by atoms with van der Waals surface area (Å²) in [6.45, 7) is -0.0629. The van der Waals surface area contributed by atoms with E-state index in [9.17, 15) is 21.6 Å². The third-order valence-electron chi connectivity index (χ3n) is 3.54. The van der Waals surface area contributed by atoms with Crippen LogP contribution < -0.4 is 0 Å². The van der Waals surface area contributed by atoms with Gasteiger partial charge in [-0.15, -0.1) is 0 Å². The first-order chi connectivity index (χ1) is 10.3. The molecule has 7 nitrogen and oxygen atoms in total. The molecule has 22 heavy (non-hydrogen) atoms. The van der Waals surface area contributed by atoms with Crippen LogP contribution in [0.4, 0.5) is 0 Å². The fraction of sp³-hybridized carbons (Fsp3) is 0.462. The van der Waals surface area contributed by atoms with Crippen LogP contribution in [0.5, 0.6) is 0 Å². The number of hydrogen-bond acceptors (Lipinski definition) is 6. The zero-order valence-electron chi connectivity index (χ0n) is 12.0. The van der Waals surface area contributed by atoms with E-state index in [1.54, 1.807) is 18.2 Å². The van der Waals surface area contributed by atoms with E-state index in [1.165, 1.54) is 12.1 Å². The molecular weight excluding hydrogens is 330 g/mol. The highest BCUT2D eigenvalue weighted by Gasteiger charge is 2.39. The topological polar surface area (TPSA) is 97.8 Å². The van der Waals surface area contributed by atoms with Gasteiger partial charge in [0.05, 0.1) is 17.3 Å². The third-order valence-corrected chi connectivity index (χ3v) is 7.45. The third kappa shape index (κ3) is 3.47. The molecular formula is C13H17NO6S2. The van der Waals surface area contributed by atoms with Gasteiger partial charge in [0.2, 0.25) is 10.0 Å². The number of benzene rings is 1. The van der Waals surface area contributed by atoms with Crippen LogP contribution in [0.3, 0.4) is 0 Å². The second-order valence-corrected chi connectivity index (χ2v) is 9.16. The minimum Gasteiger partial charge on any atom is -0.468 e. The smallest absolute Gasteiger partial charge is 0.322 e. The van der Waals surface area contributed by atoms with Crippen LogP contribution in [0.2, 0.25) is 0 Å². The van der Waals surface area contributed by atoms with E-state index in [2.05, 4.69) is 4.74 Å². The van der Waals surface area contributed by atoms with Crippen molar-refractivity contribution in [1.82, 2.24) is 4.31 Å². The number of ether oxygens (including phenoxy) is 1. The molecule has 0 aliphatic carbocycles. The number of carbonyl (C=O) groups is 1. The molecule has 1 aromatic rings. The van der Waals surface area contributed by atoms with Crippen molar-refractivity contribution in [3.05, 3.63) is 30.3 Å². The zero-order valence-corrected chi connectivity index (χ0v) is 13.6. The molecule has 1 saturated heterocycles. The van der Waals surface area contributed by atoms with Crippen LogP contribution >= 0.6 is 0 Å². The van der Waals surface area contributed by atoms with Gasteiger partial charge in [-0.2, -0.15) is 0 Å². The number of sulfone groups is 1. The molecule has 2 rings (SSSR count). The van der Waals surface area contributed by atoms with Crippen LogP contribution in [0.1, 0.15) is 6.42 Å². The molecule has 1 aliphatic heterocycles. The van der Waals surface area contributed by atoms with Gasteiger partial charge in [-0.3, -0.25) is 4.79 Å². The normalized spacial score (nSPS) is 20.0. The molecule has 0 spiro atoms. The minimum atomic E-state index is -3.85. The highest BCUT2D eigenvalue weighted by Crippen LogP contribution is 2.25. The van der Waals surface area contributed by atoms with Gasteiger partial charge in [0.25, 0.3) is 0 Å². The Morgan fingerprint density at radius 3 is 2.45 bits per heavy atom. The van der Waals surface area contributed by atoms with Gasteiger partial charge in [0.15, 0.2) is 15.6 Å². The summed E-state index contributed by atoms with van der Waals surface area (Å²) in [5.74, 6) is -1.64. The van der Waals surface area contributed by atoms with E-state index in [0.717, 1.165) is 11.4 Å². The summed E-state index contributed by atoms with van der Waals surface area (Å²) in [5, 5.41) is -0.803. The van der Waals surface area contributed by atoms with Crippen LogP contribution in [0.15, 0.2) is 35.2 Å². The van der Waals surface area contributed by atoms with Gasteiger partial charge in [-0.25, -0.2) is 21.1 Å². The van der Waals surface area contributed by atoms with Crippen LogP contribution in [0.25, 0.3) is 0 Å². The maximum absolute atomic E-state index is 12.5. The van der Waals surface area contributed by atoms with E-state index >= 15 is 0 Å². The molecule has 0 saturated carbocycles. The average molecular weight is 347 g/mol. The van der Waals surface area contributed by atoms with Crippen molar-refractivity contribution < 1.29 is 26.4 Å². The molecule has 1 aliphatic rings. The Bertz CT molecular complexity index is 742. The molecule has 122 valence electrons. The first-order valence-electron chi connectivity index (χ1n) is 6.61. The second-order valence-electron chi connectivity index (χ2n) is 4.96. The maximum atomic E-state index is 12.5. The summed E-state index contributed by atoms with van der Waals surface area (Å²) >= 11 is 0. The number of rotatable bonds is 5. The van der Waals surface area contributed by atoms with E-state index in [1.807, 2.05) is 0 Å². The molecule has 0 amide bonds. The minimum absolute atomic E-state index is 0.0794. The summed E-state index contributed by atoms with van der Waals surface area (Å²) < 4.78 is 54.4. The van der Waals surface area contributed by atoms with Gasteiger partial charge >= 0.3 is 5.97 Å². The van der Waals surface area contributed by atoms with Crippen LogP contribution in [-0.4, -0.2) is 58.3 Å². The van der Waals surface area contributed by atoms with Gasteiger partial charge in [-0.05, 0) is 18.6 Å². The summed E-state index contributed by atoms with van der Waals surface area (Å²) in [6.07, 6.45) is 0.206. The Balaban J connectivity index is 2.15. The van der Waals surface area contributed by atoms with Gasteiger partial charge in [0.1, 0.15) is 0 Å². The Morgan fingerprint density at radius 2 is 1.86 bits per heavy atom. The lowest BCUT2D eigenvalue weighted by molar-refractivity contribution is -0.137. The lowest BCUT2D eigenvalue weighted by Gasteiger charge is -2.16. The highest BCUT2D eigenvalue weighted by molar-refractivity contribution is 7.92. The lowest BCUT2D eigenvalue weighted by Crippen LogP contribution is -2.36. The predicted octanol–water partition coefficient (Wildman–Crippen LogP) is 0.0374. The zero-order chi connectivity index (χ0) is 16.4. The Morgan fingerprint density at radius 1 is 1.23 bits per heavy atom. The molecule has 0 radical (unpaired) electrons. The highest BCUT2D eigenvalue weighted by atomic mass is 32.2. The molecule has 9 heteroatoms. The van der Waals surface area contributed by atoms with Gasteiger partial charge < -0.3 is 4.74 Å². The number of methoxy groups -OCH3 is 1. The standard InChI is InChI=1S/C13H17NO6S2/c1-20-13(15)10-21(16,17)14-8-7-12(9-14)22(18,19)11-5-3-2-4-6-11/h2-6,12H,7-10H2,1H3. The molecule has 1 atom stereocenters. The fourth-order valence-corrected chi connectivity index (χ4v) is 5.50. The molecule has 0 N–H and O–H groups in total. The first kappa shape index (κ1) is 16.9. The molecule has 1 unspecified atom stereocenters. The van der Waals surface area contributed by atoms with Crippen molar-refractivity contribution in [2.45, 2.75) is 16.6 Å². The molecule has 1 fully saturated rings. The number of sulfonamides is 1. The molecule has 0 bridgehead atoms. The van der Waals surface area contributed by atoms with Crippen LogP contribution in [0, 0.1) is 0 Å². The Labute approximate surface area is 129 Å². The van der Waals surface area contributed by atoms with E-state index in [0.29, 0.717) is 0 Å². The fourth-order valence-electron chi connectivity index (χ4n) is 2.31. The van der Waals surface area contributed by atoms with Gasteiger partial charge in [-0.1, -0.05) is 18.2 Å². The lowest BCUT2D eigenvalue weighted by atomic mass is 10.4. The van der Waals surface area contributed by atoms with Crippen molar-refractivity contribution in [2.24, 2.45) is 0 Å². The van der Waals surface area contributed by atoms with Crippen molar-refractivity contribution in [3.63, 3.8) is 0 Å². The largest absolute Gasteiger partial charge is 0.468 e. The van der Waals surface area contributed by atoms with E-state index in [-0.39, 0.29) is 24.4 Å². The van der Waals surface area contributed by atoms with Crippen molar-refractivity contribution in [1.29, 1.82) is 0 Å². The number of carbonyl (C=O) groups excluding carboxylic acids is 1. The summed E-state index contributed by atoms with van der Waals surface area (Å²) in [4.78, 5) is 11.3. The first-order valence-corrected chi connectivity index (χ1v) is 9.76.